The summed E-state index contributed by atoms with van der Waals surface area (Å²) in [7, 11) is 0. The quantitative estimate of drug-likeness (QED) is 0.313. The van der Waals surface area contributed by atoms with Gasteiger partial charge < -0.3 is 10.6 Å². The third kappa shape index (κ3) is 6.05. The number of hydrogen-bond donors (Lipinski definition) is 2. The summed E-state index contributed by atoms with van der Waals surface area (Å²) < 4.78 is 57.3. The molecule has 4 aromatic rings. The van der Waals surface area contributed by atoms with Crippen LogP contribution in [0.25, 0.3) is 17.0 Å². The van der Waals surface area contributed by atoms with E-state index in [-0.39, 0.29) is 11.3 Å². The first-order chi connectivity index (χ1) is 17.8. The van der Waals surface area contributed by atoms with E-state index < -0.39 is 36.8 Å². The van der Waals surface area contributed by atoms with Crippen LogP contribution in [-0.4, -0.2) is 59.6 Å². The lowest BCUT2D eigenvalue weighted by Crippen LogP contribution is -2.39. The molecule has 2 N–H and O–H groups in total. The number of nitrogens with one attached hydrogen (secondary N) is 2. The van der Waals surface area contributed by atoms with Crippen molar-refractivity contribution >= 4 is 22.9 Å². The number of aromatic nitrogens is 6. The number of alkyl halides is 4. The maximum atomic E-state index is 14.1. The number of halogens is 4. The van der Waals surface area contributed by atoms with Gasteiger partial charge in [-0.15, -0.1) is 0 Å². The molecule has 1 amide bonds. The molecule has 0 aromatic carbocycles. The fourth-order valence-corrected chi connectivity index (χ4v) is 3.47. The van der Waals surface area contributed by atoms with Crippen LogP contribution in [0.1, 0.15) is 36.7 Å². The molecule has 0 bridgehead atoms. The van der Waals surface area contributed by atoms with Crippen LogP contribution < -0.4 is 10.6 Å². The van der Waals surface area contributed by atoms with Gasteiger partial charge in [-0.2, -0.15) is 15.5 Å². The molecular weight excluding hydrogens is 506 g/mol. The smallest absolute Gasteiger partial charge is 0.264 e. The number of amides is 1. The SMILES string of the molecule is CC(F)(F)Cn1cc(Nc2cc(-c3cnc4cc(C#N)cnn34)ncc2C(=O)NCC(F)C(C)(C)F)cn1. The summed E-state index contributed by atoms with van der Waals surface area (Å²) in [5, 5.41) is 22.5. The highest BCUT2D eigenvalue weighted by molar-refractivity contribution is 6.00. The van der Waals surface area contributed by atoms with Crippen LogP contribution in [0.2, 0.25) is 0 Å². The summed E-state index contributed by atoms with van der Waals surface area (Å²) in [5.41, 5.74) is -0.222. The van der Waals surface area contributed by atoms with Crippen molar-refractivity contribution in [1.82, 2.24) is 34.7 Å². The molecule has 0 aliphatic carbocycles. The second kappa shape index (κ2) is 10.1. The number of pyridine rings is 1. The zero-order chi connectivity index (χ0) is 27.7. The fraction of sp³-hybridized carbons (Fsp3) is 0.333. The van der Waals surface area contributed by atoms with Crippen molar-refractivity contribution in [2.45, 2.75) is 45.1 Å². The summed E-state index contributed by atoms with van der Waals surface area (Å²) in [6, 6.07) is 5.01. The number of carbonyl (C=O) groups excluding carboxylic acids is 1. The maximum Gasteiger partial charge on any atom is 0.264 e. The highest BCUT2D eigenvalue weighted by Gasteiger charge is 2.30. The van der Waals surface area contributed by atoms with Gasteiger partial charge in [0.25, 0.3) is 11.8 Å². The first-order valence-electron chi connectivity index (χ1n) is 11.4. The molecule has 14 heteroatoms. The summed E-state index contributed by atoms with van der Waals surface area (Å²) in [6.45, 7) is 1.66. The van der Waals surface area contributed by atoms with E-state index in [2.05, 4.69) is 30.8 Å². The Labute approximate surface area is 214 Å². The van der Waals surface area contributed by atoms with E-state index in [0.717, 1.165) is 25.5 Å². The molecule has 198 valence electrons. The molecule has 4 heterocycles. The topological polar surface area (TPSA) is 126 Å². The van der Waals surface area contributed by atoms with Gasteiger partial charge in [0.05, 0.1) is 53.3 Å². The molecule has 10 nitrogen and oxygen atoms in total. The van der Waals surface area contributed by atoms with E-state index in [1.165, 1.54) is 47.6 Å². The normalized spacial score (nSPS) is 12.8. The zero-order valence-electron chi connectivity index (χ0n) is 20.6. The first kappa shape index (κ1) is 26.5. The lowest BCUT2D eigenvalue weighted by molar-refractivity contribution is 0.000599. The van der Waals surface area contributed by atoms with Crippen molar-refractivity contribution in [3.8, 4) is 17.5 Å². The lowest BCUT2D eigenvalue weighted by Gasteiger charge is -2.20. The second-order valence-corrected chi connectivity index (χ2v) is 9.25. The van der Waals surface area contributed by atoms with Crippen LogP contribution in [0.15, 0.2) is 43.1 Å². The van der Waals surface area contributed by atoms with E-state index in [4.69, 9.17) is 5.26 Å². The first-order valence-corrected chi connectivity index (χ1v) is 11.4. The van der Waals surface area contributed by atoms with Crippen molar-refractivity contribution in [3.05, 3.63) is 54.2 Å². The summed E-state index contributed by atoms with van der Waals surface area (Å²) in [4.78, 5) is 21.4. The van der Waals surface area contributed by atoms with Crippen molar-refractivity contribution < 1.29 is 22.4 Å². The number of carbonyl (C=O) groups is 1. The molecule has 1 atom stereocenters. The highest BCUT2D eigenvalue weighted by atomic mass is 19.3. The Morgan fingerprint density at radius 2 is 1.87 bits per heavy atom. The Morgan fingerprint density at radius 1 is 1.11 bits per heavy atom. The van der Waals surface area contributed by atoms with Crippen LogP contribution in [-0.2, 0) is 6.54 Å². The van der Waals surface area contributed by atoms with Gasteiger partial charge >= 0.3 is 0 Å². The third-order valence-corrected chi connectivity index (χ3v) is 5.44. The van der Waals surface area contributed by atoms with Gasteiger partial charge in [-0.05, 0) is 19.9 Å². The molecule has 1 unspecified atom stereocenters. The monoisotopic (exact) mass is 529 g/mol. The summed E-state index contributed by atoms with van der Waals surface area (Å²) in [6.07, 6.45) is 4.75. The molecule has 0 fully saturated rings. The molecule has 4 aromatic heterocycles. The Bertz CT molecular complexity index is 1510. The number of nitriles is 1. The van der Waals surface area contributed by atoms with Gasteiger partial charge in [-0.3, -0.25) is 14.5 Å². The number of nitrogens with zero attached hydrogens (tertiary/aromatic N) is 7. The molecule has 0 spiro atoms. The molecule has 38 heavy (non-hydrogen) atoms. The van der Waals surface area contributed by atoms with Crippen molar-refractivity contribution in [2.24, 2.45) is 0 Å². The number of imidazole rings is 1. The minimum atomic E-state index is -2.99. The molecule has 0 radical (unpaired) electrons. The van der Waals surface area contributed by atoms with E-state index >= 15 is 0 Å². The fourth-order valence-electron chi connectivity index (χ4n) is 3.47. The average molecular weight is 530 g/mol. The standard InChI is InChI=1S/C24H23F4N9O/c1-23(2,26)20(25)11-32-22(38)16-9-30-18(19-10-31-21-4-14(6-29)7-34-37(19)21)5-17(16)35-15-8-33-36(12-15)13-24(3,27)28/h4-5,7-10,12,20H,11,13H2,1-3H3,(H,30,35)(H,32,38). The number of rotatable bonds is 9. The largest absolute Gasteiger partial charge is 0.352 e. The van der Waals surface area contributed by atoms with Crippen LogP contribution >= 0.6 is 0 Å². The highest BCUT2D eigenvalue weighted by Crippen LogP contribution is 2.27. The molecule has 4 rings (SSSR count). The van der Waals surface area contributed by atoms with Crippen LogP contribution in [0.4, 0.5) is 28.9 Å². The Morgan fingerprint density at radius 3 is 2.55 bits per heavy atom. The minimum Gasteiger partial charge on any atom is -0.352 e. The van der Waals surface area contributed by atoms with Crippen LogP contribution in [0.3, 0.4) is 0 Å². The zero-order valence-corrected chi connectivity index (χ0v) is 20.6. The number of anilines is 2. The van der Waals surface area contributed by atoms with E-state index in [0.29, 0.717) is 28.3 Å². The molecule has 0 aliphatic heterocycles. The van der Waals surface area contributed by atoms with Crippen LogP contribution in [0, 0.1) is 11.3 Å². The predicted molar refractivity (Wildman–Crippen MR) is 129 cm³/mol. The number of hydrogen-bond acceptors (Lipinski definition) is 7. The van der Waals surface area contributed by atoms with Crippen LogP contribution in [0.5, 0.6) is 0 Å². The van der Waals surface area contributed by atoms with Gasteiger partial charge in [0.2, 0.25) is 0 Å². The Balaban J connectivity index is 1.69. The molecular formula is C24H23F4N9O. The van der Waals surface area contributed by atoms with Crippen molar-refractivity contribution in [1.29, 1.82) is 5.26 Å². The third-order valence-electron chi connectivity index (χ3n) is 5.44. The van der Waals surface area contributed by atoms with Gasteiger partial charge in [-0.1, -0.05) is 0 Å². The van der Waals surface area contributed by atoms with Gasteiger partial charge in [0.15, 0.2) is 11.8 Å². The maximum absolute atomic E-state index is 14.1. The molecule has 0 saturated heterocycles. The molecule has 0 aliphatic rings. The summed E-state index contributed by atoms with van der Waals surface area (Å²) in [5.74, 6) is -3.73. The summed E-state index contributed by atoms with van der Waals surface area (Å²) >= 11 is 0. The van der Waals surface area contributed by atoms with Crippen molar-refractivity contribution in [2.75, 3.05) is 11.9 Å². The minimum absolute atomic E-state index is 0.0141. The second-order valence-electron chi connectivity index (χ2n) is 9.25. The van der Waals surface area contributed by atoms with E-state index in [1.807, 2.05) is 6.07 Å². The van der Waals surface area contributed by atoms with E-state index in [1.54, 1.807) is 0 Å². The van der Waals surface area contributed by atoms with Gasteiger partial charge in [0, 0.05) is 25.4 Å². The number of fused-ring (bicyclic) bond motifs is 1. The molecule has 0 saturated carbocycles. The Kier molecular flexibility index (Phi) is 7.03. The van der Waals surface area contributed by atoms with Crippen molar-refractivity contribution in [3.63, 3.8) is 0 Å². The van der Waals surface area contributed by atoms with Gasteiger partial charge in [0.1, 0.15) is 24.0 Å². The van der Waals surface area contributed by atoms with E-state index in [9.17, 15) is 22.4 Å². The lowest BCUT2D eigenvalue weighted by atomic mass is 10.1. The Hall–Kier alpha value is -4.54. The predicted octanol–water partition coefficient (Wildman–Crippen LogP) is 4.07. The van der Waals surface area contributed by atoms with Gasteiger partial charge in [-0.25, -0.2) is 27.1 Å². The average Bonchev–Trinajstić information content (AvgIpc) is 3.46.